The van der Waals surface area contributed by atoms with Gasteiger partial charge in [0, 0.05) is 11.8 Å². The lowest BCUT2D eigenvalue weighted by Crippen LogP contribution is -2.31. The maximum atomic E-state index is 12.7. The zero-order valence-electron chi connectivity index (χ0n) is 12.1. The summed E-state index contributed by atoms with van der Waals surface area (Å²) in [6.07, 6.45) is 1.46. The first-order valence-electron chi connectivity index (χ1n) is 6.99. The van der Waals surface area contributed by atoms with Crippen LogP contribution in [0, 0.1) is 6.92 Å². The van der Waals surface area contributed by atoms with Crippen LogP contribution in [0.1, 0.15) is 31.3 Å². The van der Waals surface area contributed by atoms with Crippen LogP contribution in [-0.2, 0) is 6.54 Å². The summed E-state index contributed by atoms with van der Waals surface area (Å²) < 4.78 is 1.25. The second-order valence-corrected chi connectivity index (χ2v) is 6.30. The summed E-state index contributed by atoms with van der Waals surface area (Å²) >= 11 is 1.08. The molecule has 114 valence electrons. The highest BCUT2D eigenvalue weighted by Gasteiger charge is 2.40. The molecule has 7 heteroatoms. The number of carbonyl (C=O) groups excluding carboxylic acids is 2. The van der Waals surface area contributed by atoms with E-state index in [4.69, 9.17) is 0 Å². The molecule has 0 radical (unpaired) electrons. The number of thiazole rings is 1. The van der Waals surface area contributed by atoms with Gasteiger partial charge in [-0.1, -0.05) is 41.7 Å². The average Bonchev–Trinajstić information content (AvgIpc) is 3.04. The lowest BCUT2D eigenvalue weighted by atomic mass is 10.2. The van der Waals surface area contributed by atoms with Gasteiger partial charge in [-0.15, -0.1) is 0 Å². The first kappa shape index (κ1) is 13.8. The number of nitrogens with zero attached hydrogens (tertiary/aromatic N) is 3. The van der Waals surface area contributed by atoms with Gasteiger partial charge in [0.1, 0.15) is 10.6 Å². The quantitative estimate of drug-likeness (QED) is 0.674. The van der Waals surface area contributed by atoms with E-state index in [2.05, 4.69) is 4.98 Å². The fourth-order valence-corrected chi connectivity index (χ4v) is 3.65. The van der Waals surface area contributed by atoms with Gasteiger partial charge in [0.2, 0.25) is 0 Å². The minimum absolute atomic E-state index is 0.132. The largest absolute Gasteiger partial charge is 0.279 e. The standard InChI is InChI=1S/C16H11N3O3S/c1-9-7-17-16-19(13(9)20)11-12(23-16)15(22)18(14(11)21)8-10-5-3-2-4-6-10/h2-7H,8H2,1H3. The van der Waals surface area contributed by atoms with Gasteiger partial charge >= 0.3 is 0 Å². The van der Waals surface area contributed by atoms with Gasteiger partial charge in [-0.2, -0.15) is 0 Å². The number of carbonyl (C=O) groups is 2. The van der Waals surface area contributed by atoms with E-state index < -0.39 is 5.91 Å². The molecule has 0 saturated heterocycles. The topological polar surface area (TPSA) is 71.8 Å². The van der Waals surface area contributed by atoms with Crippen LogP contribution in [0.5, 0.6) is 0 Å². The molecule has 23 heavy (non-hydrogen) atoms. The molecular formula is C16H11N3O3S. The van der Waals surface area contributed by atoms with Gasteiger partial charge in [0.25, 0.3) is 17.4 Å². The Kier molecular flexibility index (Phi) is 2.92. The van der Waals surface area contributed by atoms with E-state index in [1.165, 1.54) is 15.5 Å². The molecular weight excluding hydrogens is 314 g/mol. The van der Waals surface area contributed by atoms with Crippen molar-refractivity contribution in [1.29, 1.82) is 0 Å². The smallest absolute Gasteiger partial charge is 0.269 e. The molecule has 0 spiro atoms. The summed E-state index contributed by atoms with van der Waals surface area (Å²) in [7, 11) is 0. The summed E-state index contributed by atoms with van der Waals surface area (Å²) in [5.74, 6) is -0.823. The van der Waals surface area contributed by atoms with E-state index in [0.29, 0.717) is 10.5 Å². The van der Waals surface area contributed by atoms with Crippen molar-refractivity contribution in [1.82, 2.24) is 14.3 Å². The van der Waals surface area contributed by atoms with E-state index in [1.54, 1.807) is 6.92 Å². The predicted octanol–water partition coefficient (Wildman–Crippen LogP) is 1.86. The number of imide groups is 1. The van der Waals surface area contributed by atoms with Crippen molar-refractivity contribution in [3.63, 3.8) is 0 Å². The Morgan fingerprint density at radius 2 is 1.83 bits per heavy atom. The zero-order chi connectivity index (χ0) is 16.1. The number of hydrogen-bond acceptors (Lipinski definition) is 5. The average molecular weight is 325 g/mol. The van der Waals surface area contributed by atoms with Crippen LogP contribution in [0.3, 0.4) is 0 Å². The molecule has 1 aliphatic heterocycles. The van der Waals surface area contributed by atoms with Crippen LogP contribution in [0.4, 0.5) is 0 Å². The minimum atomic E-state index is -0.449. The molecule has 0 saturated carbocycles. The van der Waals surface area contributed by atoms with Crippen LogP contribution < -0.4 is 5.56 Å². The Balaban J connectivity index is 1.84. The molecule has 1 aliphatic rings. The van der Waals surface area contributed by atoms with Crippen LogP contribution in [0.25, 0.3) is 4.96 Å². The summed E-state index contributed by atoms with van der Waals surface area (Å²) in [6, 6.07) is 9.27. The Bertz CT molecular complexity index is 1020. The molecule has 0 fully saturated rings. The third-order valence-corrected chi connectivity index (χ3v) is 4.85. The molecule has 0 unspecified atom stereocenters. The van der Waals surface area contributed by atoms with E-state index >= 15 is 0 Å². The molecule has 3 aromatic rings. The molecule has 4 rings (SSSR count). The highest BCUT2D eigenvalue weighted by Crippen LogP contribution is 2.30. The molecule has 3 heterocycles. The van der Waals surface area contributed by atoms with Crippen molar-refractivity contribution in [2.24, 2.45) is 0 Å². The number of rotatable bonds is 2. The van der Waals surface area contributed by atoms with E-state index in [0.717, 1.165) is 16.9 Å². The lowest BCUT2D eigenvalue weighted by Gasteiger charge is -2.14. The van der Waals surface area contributed by atoms with Crippen LogP contribution in [0.15, 0.2) is 41.3 Å². The van der Waals surface area contributed by atoms with Crippen molar-refractivity contribution in [2.75, 3.05) is 0 Å². The van der Waals surface area contributed by atoms with E-state index in [-0.39, 0.29) is 28.6 Å². The number of aromatic nitrogens is 2. The SMILES string of the molecule is Cc1cnc2sc3c(n2c1=O)C(=O)N(Cc1ccccc1)C3=O. The van der Waals surface area contributed by atoms with Gasteiger partial charge in [-0.05, 0) is 12.5 Å². The fourth-order valence-electron chi connectivity index (χ4n) is 2.63. The monoisotopic (exact) mass is 325 g/mol. The van der Waals surface area contributed by atoms with Crippen LogP contribution >= 0.6 is 11.3 Å². The summed E-state index contributed by atoms with van der Waals surface area (Å²) in [5.41, 5.74) is 1.11. The molecule has 0 bridgehead atoms. The Labute approximate surface area is 134 Å². The Morgan fingerprint density at radius 3 is 2.57 bits per heavy atom. The first-order valence-corrected chi connectivity index (χ1v) is 7.81. The van der Waals surface area contributed by atoms with Crippen LogP contribution in [0.2, 0.25) is 0 Å². The van der Waals surface area contributed by atoms with Gasteiger partial charge in [-0.25, -0.2) is 9.38 Å². The number of amides is 2. The zero-order valence-corrected chi connectivity index (χ0v) is 13.0. The number of aryl methyl sites for hydroxylation is 1. The van der Waals surface area contributed by atoms with E-state index in [1.807, 2.05) is 30.3 Å². The molecule has 1 aromatic carbocycles. The van der Waals surface area contributed by atoms with Crippen molar-refractivity contribution < 1.29 is 9.59 Å². The van der Waals surface area contributed by atoms with Crippen molar-refractivity contribution in [2.45, 2.75) is 13.5 Å². The molecule has 2 amide bonds. The Hall–Kier alpha value is -2.80. The molecule has 0 aliphatic carbocycles. The maximum Gasteiger partial charge on any atom is 0.279 e. The number of hydrogen-bond donors (Lipinski definition) is 0. The second-order valence-electron chi connectivity index (χ2n) is 5.33. The lowest BCUT2D eigenvalue weighted by molar-refractivity contribution is 0.0641. The van der Waals surface area contributed by atoms with E-state index in [9.17, 15) is 14.4 Å². The third-order valence-electron chi connectivity index (χ3n) is 3.80. The third kappa shape index (κ3) is 1.93. The summed E-state index contributed by atoms with van der Waals surface area (Å²) in [4.78, 5) is 43.5. The fraction of sp³-hybridized carbons (Fsp3) is 0.125. The van der Waals surface area contributed by atoms with Gasteiger partial charge in [0.15, 0.2) is 4.96 Å². The summed E-state index contributed by atoms with van der Waals surface area (Å²) in [6.45, 7) is 1.82. The number of benzene rings is 1. The predicted molar refractivity (Wildman–Crippen MR) is 84.7 cm³/mol. The Morgan fingerprint density at radius 1 is 1.09 bits per heavy atom. The highest BCUT2D eigenvalue weighted by molar-refractivity contribution is 7.19. The maximum absolute atomic E-state index is 12.7. The molecule has 0 N–H and O–H groups in total. The van der Waals surface area contributed by atoms with Crippen molar-refractivity contribution in [3.05, 3.63) is 68.6 Å². The number of fused-ring (bicyclic) bond motifs is 3. The van der Waals surface area contributed by atoms with Gasteiger partial charge in [-0.3, -0.25) is 19.3 Å². The molecule has 6 nitrogen and oxygen atoms in total. The normalized spacial score (nSPS) is 13.9. The van der Waals surface area contributed by atoms with Crippen molar-refractivity contribution in [3.8, 4) is 0 Å². The van der Waals surface area contributed by atoms with Crippen LogP contribution in [-0.4, -0.2) is 26.1 Å². The molecule has 2 aromatic heterocycles. The minimum Gasteiger partial charge on any atom is -0.269 e. The van der Waals surface area contributed by atoms with Gasteiger partial charge < -0.3 is 0 Å². The van der Waals surface area contributed by atoms with Crippen molar-refractivity contribution >= 4 is 28.1 Å². The second kappa shape index (κ2) is 4.85. The highest BCUT2D eigenvalue weighted by atomic mass is 32.1. The molecule has 0 atom stereocenters. The summed E-state index contributed by atoms with van der Waals surface area (Å²) in [5, 5.41) is 0. The van der Waals surface area contributed by atoms with Gasteiger partial charge in [0.05, 0.1) is 6.54 Å². The first-order chi connectivity index (χ1) is 11.1.